The molecule has 0 fully saturated rings. The molecule has 0 saturated carbocycles. The number of carbonyl (C=O) groups excluding carboxylic acids is 4. The van der Waals surface area contributed by atoms with Crippen molar-refractivity contribution in [3.05, 3.63) is 71.9 Å². The lowest BCUT2D eigenvalue weighted by Crippen LogP contribution is -2.51. The summed E-state index contributed by atoms with van der Waals surface area (Å²) in [6, 6.07) is 13.4. The van der Waals surface area contributed by atoms with E-state index in [4.69, 9.17) is 4.52 Å². The summed E-state index contributed by atoms with van der Waals surface area (Å²) < 4.78 is 4.91. The van der Waals surface area contributed by atoms with E-state index in [1.807, 2.05) is 57.2 Å². The highest BCUT2D eigenvalue weighted by Gasteiger charge is 2.27. The topological polar surface area (TPSA) is 155 Å². The van der Waals surface area contributed by atoms with Crippen molar-refractivity contribution in [2.75, 3.05) is 13.1 Å². The standard InChI is InChI=1S/C27H32N6O5/c1-17-14-22(33-38-17)26(37)31-21(16-23(34)32-27(2,3)4)25(36)30-13-12-29-24(35)20-15-19(10-11-28-20)18-8-6-5-7-9-18/h5-11,14-15,21H,12-13,16H2,1-4H3,(H,29,35)(H,30,36)(H,31,37)(H,32,34)/t21-/m0/s1. The minimum Gasteiger partial charge on any atom is -0.361 e. The summed E-state index contributed by atoms with van der Waals surface area (Å²) in [5, 5.41) is 14.3. The summed E-state index contributed by atoms with van der Waals surface area (Å²) >= 11 is 0. The average Bonchev–Trinajstić information content (AvgIpc) is 3.32. The quantitative estimate of drug-likeness (QED) is 0.298. The molecule has 0 saturated heterocycles. The Morgan fingerprint density at radius 2 is 1.61 bits per heavy atom. The summed E-state index contributed by atoms with van der Waals surface area (Å²) in [6.07, 6.45) is 1.28. The van der Waals surface area contributed by atoms with E-state index >= 15 is 0 Å². The third-order valence-corrected chi connectivity index (χ3v) is 5.20. The maximum Gasteiger partial charge on any atom is 0.274 e. The van der Waals surface area contributed by atoms with Gasteiger partial charge >= 0.3 is 0 Å². The average molecular weight is 521 g/mol. The molecule has 2 heterocycles. The summed E-state index contributed by atoms with van der Waals surface area (Å²) in [7, 11) is 0. The van der Waals surface area contributed by atoms with Crippen LogP contribution in [0, 0.1) is 6.92 Å². The minimum absolute atomic E-state index is 0.00553. The summed E-state index contributed by atoms with van der Waals surface area (Å²) in [5.41, 5.74) is 1.54. The van der Waals surface area contributed by atoms with E-state index in [0.717, 1.165) is 11.1 Å². The largest absolute Gasteiger partial charge is 0.361 e. The molecule has 0 aliphatic heterocycles. The SMILES string of the molecule is Cc1cc(C(=O)N[C@@H](CC(=O)NC(C)(C)C)C(=O)NCCNC(=O)c2cc(-c3ccccc3)ccn2)no1. The molecule has 1 aromatic carbocycles. The molecular weight excluding hydrogens is 488 g/mol. The van der Waals surface area contributed by atoms with Gasteiger partial charge in [-0.05, 0) is 51.0 Å². The number of rotatable bonds is 10. The highest BCUT2D eigenvalue weighted by molar-refractivity contribution is 5.98. The summed E-state index contributed by atoms with van der Waals surface area (Å²) in [6.45, 7) is 7.24. The van der Waals surface area contributed by atoms with Gasteiger partial charge in [-0.2, -0.15) is 0 Å². The fraction of sp³-hybridized carbons (Fsp3) is 0.333. The van der Waals surface area contributed by atoms with Crippen LogP contribution in [0.3, 0.4) is 0 Å². The molecular formula is C27H32N6O5. The number of carbonyl (C=O) groups is 4. The molecule has 38 heavy (non-hydrogen) atoms. The number of pyridine rings is 1. The number of nitrogens with one attached hydrogen (secondary N) is 4. The first-order chi connectivity index (χ1) is 18.0. The second-order valence-electron chi connectivity index (χ2n) is 9.69. The molecule has 0 aliphatic rings. The molecule has 4 N–H and O–H groups in total. The zero-order chi connectivity index (χ0) is 27.7. The molecule has 0 radical (unpaired) electrons. The number of aryl methyl sites for hydroxylation is 1. The van der Waals surface area contributed by atoms with Crippen LogP contribution >= 0.6 is 0 Å². The van der Waals surface area contributed by atoms with Gasteiger partial charge in [0.1, 0.15) is 17.5 Å². The molecule has 11 nitrogen and oxygen atoms in total. The van der Waals surface area contributed by atoms with Gasteiger partial charge in [0.15, 0.2) is 5.69 Å². The minimum atomic E-state index is -1.17. The van der Waals surface area contributed by atoms with Crippen molar-refractivity contribution in [2.24, 2.45) is 0 Å². The fourth-order valence-electron chi connectivity index (χ4n) is 3.51. The fourth-order valence-corrected chi connectivity index (χ4v) is 3.51. The van der Waals surface area contributed by atoms with E-state index < -0.39 is 35.2 Å². The van der Waals surface area contributed by atoms with Gasteiger partial charge in [0.25, 0.3) is 11.8 Å². The summed E-state index contributed by atoms with van der Waals surface area (Å²) in [4.78, 5) is 54.6. The Kier molecular flexibility index (Phi) is 9.31. The van der Waals surface area contributed by atoms with Gasteiger partial charge in [-0.25, -0.2) is 0 Å². The number of hydrogen-bond acceptors (Lipinski definition) is 7. The van der Waals surface area contributed by atoms with Crippen molar-refractivity contribution in [3.63, 3.8) is 0 Å². The summed E-state index contributed by atoms with van der Waals surface area (Å²) in [5.74, 6) is -1.61. The van der Waals surface area contributed by atoms with Crippen LogP contribution in [0.1, 0.15) is 53.9 Å². The third-order valence-electron chi connectivity index (χ3n) is 5.20. The van der Waals surface area contributed by atoms with Crippen molar-refractivity contribution < 1.29 is 23.7 Å². The highest BCUT2D eigenvalue weighted by Crippen LogP contribution is 2.18. The second-order valence-corrected chi connectivity index (χ2v) is 9.69. The normalized spacial score (nSPS) is 11.8. The Balaban J connectivity index is 1.56. The smallest absolute Gasteiger partial charge is 0.274 e. The number of nitrogens with zero attached hydrogens (tertiary/aromatic N) is 2. The van der Waals surface area contributed by atoms with Gasteiger partial charge in [-0.15, -0.1) is 0 Å². The number of amides is 4. The molecule has 4 amide bonds. The first kappa shape index (κ1) is 28.0. The first-order valence-corrected chi connectivity index (χ1v) is 12.1. The monoisotopic (exact) mass is 520 g/mol. The Morgan fingerprint density at radius 3 is 2.26 bits per heavy atom. The number of aromatic nitrogens is 2. The Bertz CT molecular complexity index is 1280. The van der Waals surface area contributed by atoms with Crippen molar-refractivity contribution >= 4 is 23.6 Å². The van der Waals surface area contributed by atoms with Crippen LogP contribution in [-0.4, -0.2) is 58.4 Å². The Morgan fingerprint density at radius 1 is 0.895 bits per heavy atom. The molecule has 0 bridgehead atoms. The van der Waals surface area contributed by atoms with Crippen LogP contribution in [0.2, 0.25) is 0 Å². The zero-order valence-electron chi connectivity index (χ0n) is 21.8. The lowest BCUT2D eigenvalue weighted by molar-refractivity contribution is -0.128. The van der Waals surface area contributed by atoms with E-state index in [0.29, 0.717) is 5.76 Å². The van der Waals surface area contributed by atoms with Crippen molar-refractivity contribution in [2.45, 2.75) is 45.7 Å². The maximum absolute atomic E-state index is 12.9. The molecule has 0 spiro atoms. The van der Waals surface area contributed by atoms with Gasteiger partial charge in [-0.3, -0.25) is 24.2 Å². The predicted octanol–water partition coefficient (Wildman–Crippen LogP) is 1.99. The molecule has 0 aliphatic carbocycles. The van der Waals surface area contributed by atoms with Crippen molar-refractivity contribution in [1.29, 1.82) is 0 Å². The molecule has 3 aromatic rings. The van der Waals surface area contributed by atoms with Gasteiger partial charge < -0.3 is 25.8 Å². The molecule has 200 valence electrons. The molecule has 1 atom stereocenters. The van der Waals surface area contributed by atoms with E-state index in [2.05, 4.69) is 31.4 Å². The van der Waals surface area contributed by atoms with Crippen molar-refractivity contribution in [3.8, 4) is 11.1 Å². The van der Waals surface area contributed by atoms with Crippen LogP contribution in [0.4, 0.5) is 0 Å². The molecule has 0 unspecified atom stereocenters. The lowest BCUT2D eigenvalue weighted by atomic mass is 10.1. The van der Waals surface area contributed by atoms with Crippen LogP contribution in [0.5, 0.6) is 0 Å². The molecule has 11 heteroatoms. The Hall–Kier alpha value is -4.54. The van der Waals surface area contributed by atoms with Gasteiger partial charge in [0, 0.05) is 30.9 Å². The second kappa shape index (κ2) is 12.6. The van der Waals surface area contributed by atoms with Crippen LogP contribution in [-0.2, 0) is 9.59 Å². The van der Waals surface area contributed by atoms with Crippen molar-refractivity contribution in [1.82, 2.24) is 31.4 Å². The highest BCUT2D eigenvalue weighted by atomic mass is 16.5. The van der Waals surface area contributed by atoms with E-state index in [-0.39, 0.29) is 30.9 Å². The third kappa shape index (κ3) is 8.54. The van der Waals surface area contributed by atoms with Gasteiger partial charge in [0.2, 0.25) is 11.8 Å². The van der Waals surface area contributed by atoms with E-state index in [1.165, 1.54) is 6.07 Å². The molecule has 2 aromatic heterocycles. The van der Waals surface area contributed by atoms with Crippen LogP contribution in [0.15, 0.2) is 59.3 Å². The lowest BCUT2D eigenvalue weighted by Gasteiger charge is -2.23. The van der Waals surface area contributed by atoms with Gasteiger partial charge in [0.05, 0.1) is 6.42 Å². The van der Waals surface area contributed by atoms with E-state index in [9.17, 15) is 19.2 Å². The van der Waals surface area contributed by atoms with Gasteiger partial charge in [-0.1, -0.05) is 35.5 Å². The number of hydrogen-bond donors (Lipinski definition) is 4. The number of benzene rings is 1. The first-order valence-electron chi connectivity index (χ1n) is 12.1. The maximum atomic E-state index is 12.9. The molecule has 3 rings (SSSR count). The van der Waals surface area contributed by atoms with E-state index in [1.54, 1.807) is 19.2 Å². The van der Waals surface area contributed by atoms with Crippen LogP contribution in [0.25, 0.3) is 11.1 Å². The van der Waals surface area contributed by atoms with Crippen LogP contribution < -0.4 is 21.3 Å². The predicted molar refractivity (Wildman–Crippen MR) is 140 cm³/mol. The Labute approximate surface area is 220 Å². The zero-order valence-corrected chi connectivity index (χ0v) is 21.8.